The smallest absolute Gasteiger partial charge is 0.227 e. The van der Waals surface area contributed by atoms with E-state index in [4.69, 9.17) is 33.0 Å². The number of β-amino-alcohol motifs (C(OH)–C–C–N with tert-alkyl or cyclic N) is 1. The lowest BCUT2D eigenvalue weighted by Gasteiger charge is -2.32. The Kier molecular flexibility index (Phi) is 7.97. The molecule has 2 aromatic rings. The van der Waals surface area contributed by atoms with Crippen molar-refractivity contribution in [2.75, 3.05) is 33.5 Å². The highest BCUT2D eigenvalue weighted by Crippen LogP contribution is 2.27. The number of halogens is 2. The molecular weight excluding hydrogens is 427 g/mol. The standard InChI is InChI=1S/C22H26Cl2N2O4/c1-25(22(29)11-15-2-7-19(23)20(24)10-15)21(13-26-9-8-17(28)12-26)16-3-5-18(6-4-16)30-14-27/h2-7,10,17,21,27-28H,8-9,11-14H2,1H3/t17-,21+/m0/s1. The maximum absolute atomic E-state index is 13.1. The first-order valence-corrected chi connectivity index (χ1v) is 10.6. The molecule has 1 amide bonds. The lowest BCUT2D eigenvalue weighted by atomic mass is 10.0. The van der Waals surface area contributed by atoms with Gasteiger partial charge in [-0.05, 0) is 41.8 Å². The summed E-state index contributed by atoms with van der Waals surface area (Å²) in [6.45, 7) is 1.60. The van der Waals surface area contributed by atoms with Crippen molar-refractivity contribution in [2.24, 2.45) is 0 Å². The average Bonchev–Trinajstić information content (AvgIpc) is 3.14. The zero-order valence-electron chi connectivity index (χ0n) is 16.8. The summed E-state index contributed by atoms with van der Waals surface area (Å²) in [5.74, 6) is 0.509. The fourth-order valence-corrected chi connectivity index (χ4v) is 3.98. The fourth-order valence-electron chi connectivity index (χ4n) is 3.66. The van der Waals surface area contributed by atoms with Crippen molar-refractivity contribution in [3.63, 3.8) is 0 Å². The van der Waals surface area contributed by atoms with Gasteiger partial charge >= 0.3 is 0 Å². The van der Waals surface area contributed by atoms with Crippen molar-refractivity contribution in [1.29, 1.82) is 0 Å². The van der Waals surface area contributed by atoms with Crippen molar-refractivity contribution < 1.29 is 19.7 Å². The highest BCUT2D eigenvalue weighted by molar-refractivity contribution is 6.42. The molecule has 0 spiro atoms. The largest absolute Gasteiger partial charge is 0.468 e. The Morgan fingerprint density at radius 2 is 1.97 bits per heavy atom. The lowest BCUT2D eigenvalue weighted by molar-refractivity contribution is -0.131. The highest BCUT2D eigenvalue weighted by atomic mass is 35.5. The SMILES string of the molecule is CN(C(=O)Cc1ccc(Cl)c(Cl)c1)[C@H](CN1CC[C@H](O)C1)c1ccc(OCO)cc1. The van der Waals surface area contributed by atoms with Crippen LogP contribution in [0.15, 0.2) is 42.5 Å². The Balaban J connectivity index is 1.78. The predicted octanol–water partition coefficient (Wildman–Crippen LogP) is 3.13. The zero-order valence-corrected chi connectivity index (χ0v) is 18.3. The van der Waals surface area contributed by atoms with E-state index in [2.05, 4.69) is 4.90 Å². The molecule has 6 nitrogen and oxygen atoms in total. The number of nitrogens with zero attached hydrogens (tertiary/aromatic N) is 2. The van der Waals surface area contributed by atoms with Crippen molar-refractivity contribution in [1.82, 2.24) is 9.80 Å². The molecule has 1 heterocycles. The van der Waals surface area contributed by atoms with Gasteiger partial charge in [-0.1, -0.05) is 41.4 Å². The predicted molar refractivity (Wildman–Crippen MR) is 117 cm³/mol. The van der Waals surface area contributed by atoms with Gasteiger partial charge in [-0.15, -0.1) is 0 Å². The number of benzene rings is 2. The summed E-state index contributed by atoms with van der Waals surface area (Å²) in [6, 6.07) is 12.3. The van der Waals surface area contributed by atoms with Crippen LogP contribution in [0.4, 0.5) is 0 Å². The molecule has 1 saturated heterocycles. The third kappa shape index (κ3) is 5.86. The van der Waals surface area contributed by atoms with Crippen LogP contribution >= 0.6 is 23.2 Å². The molecule has 8 heteroatoms. The van der Waals surface area contributed by atoms with Crippen LogP contribution in [0.25, 0.3) is 0 Å². The van der Waals surface area contributed by atoms with Crippen LogP contribution < -0.4 is 4.74 Å². The summed E-state index contributed by atoms with van der Waals surface area (Å²) in [4.78, 5) is 16.9. The van der Waals surface area contributed by atoms with E-state index in [1.807, 2.05) is 12.1 Å². The van der Waals surface area contributed by atoms with Gasteiger partial charge < -0.3 is 19.8 Å². The van der Waals surface area contributed by atoms with E-state index in [9.17, 15) is 9.90 Å². The molecule has 0 unspecified atom stereocenters. The molecular formula is C22H26Cl2N2O4. The molecule has 0 aliphatic carbocycles. The minimum atomic E-state index is -0.392. The quantitative estimate of drug-likeness (QED) is 0.601. The Morgan fingerprint density at radius 1 is 1.23 bits per heavy atom. The molecule has 0 radical (unpaired) electrons. The minimum Gasteiger partial charge on any atom is -0.468 e. The number of hydrogen-bond donors (Lipinski definition) is 2. The third-order valence-corrected chi connectivity index (χ3v) is 6.11. The average molecular weight is 453 g/mol. The summed E-state index contributed by atoms with van der Waals surface area (Å²) < 4.78 is 5.10. The number of aliphatic hydroxyl groups is 2. The van der Waals surface area contributed by atoms with Crippen LogP contribution in [0.3, 0.4) is 0 Å². The molecule has 30 heavy (non-hydrogen) atoms. The number of hydrogen-bond acceptors (Lipinski definition) is 5. The van der Waals surface area contributed by atoms with Gasteiger partial charge in [0.1, 0.15) is 5.75 Å². The van der Waals surface area contributed by atoms with E-state index in [0.717, 1.165) is 24.1 Å². The van der Waals surface area contributed by atoms with E-state index < -0.39 is 6.79 Å². The number of rotatable bonds is 8. The number of carbonyl (C=O) groups is 1. The molecule has 0 bridgehead atoms. The first-order chi connectivity index (χ1) is 14.4. The number of ether oxygens (including phenoxy) is 1. The van der Waals surface area contributed by atoms with Gasteiger partial charge in [-0.2, -0.15) is 0 Å². The van der Waals surface area contributed by atoms with Gasteiger partial charge in [-0.3, -0.25) is 9.69 Å². The van der Waals surface area contributed by atoms with Gasteiger partial charge in [0.2, 0.25) is 5.91 Å². The van der Waals surface area contributed by atoms with E-state index in [1.165, 1.54) is 0 Å². The molecule has 1 fully saturated rings. The summed E-state index contributed by atoms with van der Waals surface area (Å²) in [7, 11) is 1.79. The highest BCUT2D eigenvalue weighted by Gasteiger charge is 2.28. The second kappa shape index (κ2) is 10.5. The number of likely N-dealkylation sites (tertiary alicyclic amines) is 1. The van der Waals surface area contributed by atoms with Crippen molar-refractivity contribution in [3.05, 3.63) is 63.6 Å². The molecule has 162 valence electrons. The van der Waals surface area contributed by atoms with Crippen molar-refractivity contribution in [3.8, 4) is 5.75 Å². The number of likely N-dealkylation sites (N-methyl/N-ethyl adjacent to an activating group) is 1. The van der Waals surface area contributed by atoms with E-state index in [1.54, 1.807) is 42.3 Å². The van der Waals surface area contributed by atoms with Crippen LogP contribution in [0.1, 0.15) is 23.6 Å². The molecule has 2 N–H and O–H groups in total. The molecule has 1 aliphatic rings. The topological polar surface area (TPSA) is 73.2 Å². The van der Waals surface area contributed by atoms with E-state index in [0.29, 0.717) is 28.9 Å². The van der Waals surface area contributed by atoms with E-state index in [-0.39, 0.29) is 24.5 Å². The minimum absolute atomic E-state index is 0.0474. The molecule has 0 aromatic heterocycles. The van der Waals surface area contributed by atoms with Crippen molar-refractivity contribution >= 4 is 29.1 Å². The van der Waals surface area contributed by atoms with Gasteiger partial charge in [0.05, 0.1) is 28.6 Å². The monoisotopic (exact) mass is 452 g/mol. The Labute approximate surface area is 186 Å². The zero-order chi connectivity index (χ0) is 21.7. The lowest BCUT2D eigenvalue weighted by Crippen LogP contribution is -2.39. The normalized spacial score (nSPS) is 17.7. The molecule has 3 rings (SSSR count). The Hall–Kier alpha value is -1.83. The fraction of sp³-hybridized carbons (Fsp3) is 0.409. The molecule has 1 aliphatic heterocycles. The molecule has 0 saturated carbocycles. The first kappa shape index (κ1) is 22.8. The number of amides is 1. The van der Waals surface area contributed by atoms with Gasteiger partial charge in [-0.25, -0.2) is 0 Å². The number of carbonyl (C=O) groups excluding carboxylic acids is 1. The molecule has 2 atom stereocenters. The summed E-state index contributed by atoms with van der Waals surface area (Å²) in [5, 5.41) is 19.7. The van der Waals surface area contributed by atoms with Gasteiger partial charge in [0.25, 0.3) is 0 Å². The first-order valence-electron chi connectivity index (χ1n) is 9.81. The summed E-state index contributed by atoms with van der Waals surface area (Å²) in [6.07, 6.45) is 0.609. The second-order valence-corrected chi connectivity index (χ2v) is 8.30. The van der Waals surface area contributed by atoms with Crippen LogP contribution in [0.2, 0.25) is 10.0 Å². The van der Waals surface area contributed by atoms with Crippen molar-refractivity contribution in [2.45, 2.75) is 25.0 Å². The van der Waals surface area contributed by atoms with Crippen LogP contribution in [0.5, 0.6) is 5.75 Å². The second-order valence-electron chi connectivity index (χ2n) is 7.49. The van der Waals surface area contributed by atoms with Gasteiger partial charge in [0.15, 0.2) is 6.79 Å². The van der Waals surface area contributed by atoms with Crippen LogP contribution in [0, 0.1) is 0 Å². The Bertz CT molecular complexity index is 863. The summed E-state index contributed by atoms with van der Waals surface area (Å²) >= 11 is 12.1. The van der Waals surface area contributed by atoms with Gasteiger partial charge in [0, 0.05) is 26.7 Å². The molecule has 2 aromatic carbocycles. The maximum atomic E-state index is 13.1. The summed E-state index contributed by atoms with van der Waals surface area (Å²) in [5.41, 5.74) is 1.75. The third-order valence-electron chi connectivity index (χ3n) is 5.37. The number of aliphatic hydroxyl groups excluding tert-OH is 2. The van der Waals surface area contributed by atoms with E-state index >= 15 is 0 Å². The maximum Gasteiger partial charge on any atom is 0.227 e. The van der Waals surface area contributed by atoms with Crippen LogP contribution in [-0.4, -0.2) is 65.5 Å². The Morgan fingerprint density at radius 3 is 2.57 bits per heavy atom. The van der Waals surface area contributed by atoms with Crippen LogP contribution in [-0.2, 0) is 11.2 Å².